The van der Waals surface area contributed by atoms with Crippen LogP contribution >= 0.6 is 0 Å². The summed E-state index contributed by atoms with van der Waals surface area (Å²) in [5.41, 5.74) is 3.87. The van der Waals surface area contributed by atoms with E-state index >= 15 is 0 Å². The number of rotatable bonds is 8. The molecule has 5 rings (SSSR count). The lowest BCUT2D eigenvalue weighted by molar-refractivity contribution is -0.148. The van der Waals surface area contributed by atoms with Gasteiger partial charge in [-0.2, -0.15) is 5.10 Å². The molecule has 2 heterocycles. The second-order valence-electron chi connectivity index (χ2n) is 9.02. The molecule has 0 saturated heterocycles. The summed E-state index contributed by atoms with van der Waals surface area (Å²) < 4.78 is 13.1. The van der Waals surface area contributed by atoms with Gasteiger partial charge in [-0.3, -0.25) is 9.59 Å². The summed E-state index contributed by atoms with van der Waals surface area (Å²) in [5, 5.41) is 11.0. The largest absolute Gasteiger partial charge is 0.454 e. The molecule has 1 unspecified atom stereocenters. The first-order valence-corrected chi connectivity index (χ1v) is 12.6. The van der Waals surface area contributed by atoms with Crippen molar-refractivity contribution < 1.29 is 23.5 Å². The quantitative estimate of drug-likeness (QED) is 0.191. The number of fused-ring (bicyclic) bond motifs is 1. The van der Waals surface area contributed by atoms with Crippen LogP contribution in [0.1, 0.15) is 19.4 Å². The van der Waals surface area contributed by atoms with E-state index in [1.54, 1.807) is 41.2 Å². The number of hydrogen-bond acceptors (Lipinski definition) is 6. The van der Waals surface area contributed by atoms with E-state index in [4.69, 9.17) is 14.3 Å². The molecule has 9 nitrogen and oxygen atoms in total. The fourth-order valence-electron chi connectivity index (χ4n) is 4.02. The van der Waals surface area contributed by atoms with Crippen molar-refractivity contribution in [2.45, 2.75) is 20.0 Å². The van der Waals surface area contributed by atoms with Gasteiger partial charge in [0.05, 0.1) is 5.69 Å². The van der Waals surface area contributed by atoms with Crippen LogP contribution < -0.4 is 10.6 Å². The number of amides is 2. The number of nitrogens with one attached hydrogen (secondary N) is 2. The lowest BCUT2D eigenvalue weighted by Gasteiger charge is -2.12. The van der Waals surface area contributed by atoms with E-state index in [1.807, 2.05) is 60.7 Å². The molecule has 2 aromatic heterocycles. The lowest BCUT2D eigenvalue weighted by atomic mass is 10.2. The third kappa shape index (κ3) is 6.16. The predicted octanol–water partition coefficient (Wildman–Crippen LogP) is 5.83. The average Bonchev–Trinajstić information content (AvgIpc) is 3.57. The number of carbonyl (C=O) groups excluding carboxylic acids is 3. The minimum absolute atomic E-state index is 0.192. The predicted molar refractivity (Wildman–Crippen MR) is 153 cm³/mol. The molecule has 0 spiro atoms. The number of benzene rings is 3. The summed E-state index contributed by atoms with van der Waals surface area (Å²) >= 11 is 0. The smallest absolute Gasteiger partial charge is 0.331 e. The minimum atomic E-state index is -1.05. The fourth-order valence-corrected chi connectivity index (χ4v) is 4.02. The number of nitrogens with zero attached hydrogens (tertiary/aromatic N) is 2. The molecule has 40 heavy (non-hydrogen) atoms. The third-order valence-corrected chi connectivity index (χ3v) is 5.96. The average molecular weight is 535 g/mol. The molecule has 200 valence electrons. The Labute approximate surface area is 230 Å². The van der Waals surface area contributed by atoms with Crippen molar-refractivity contribution in [3.05, 3.63) is 103 Å². The van der Waals surface area contributed by atoms with Crippen LogP contribution in [0.2, 0.25) is 0 Å². The molecule has 2 amide bonds. The molecule has 0 aliphatic rings. The molecule has 0 aliphatic carbocycles. The fraction of sp³-hybridized carbons (Fsp3) is 0.0968. The van der Waals surface area contributed by atoms with Gasteiger partial charge in [0.2, 0.25) is 5.91 Å². The highest BCUT2D eigenvalue weighted by Crippen LogP contribution is 2.30. The highest BCUT2D eigenvalue weighted by Gasteiger charge is 2.18. The van der Waals surface area contributed by atoms with Gasteiger partial charge in [-0.1, -0.05) is 36.4 Å². The van der Waals surface area contributed by atoms with E-state index in [-0.39, 0.29) is 5.91 Å². The van der Waals surface area contributed by atoms with Crippen molar-refractivity contribution in [3.63, 3.8) is 0 Å². The Hall–Kier alpha value is -5.44. The van der Waals surface area contributed by atoms with E-state index in [1.165, 1.54) is 19.9 Å². The molecule has 9 heteroatoms. The zero-order valence-corrected chi connectivity index (χ0v) is 21.8. The van der Waals surface area contributed by atoms with Crippen LogP contribution in [0.3, 0.4) is 0 Å². The van der Waals surface area contributed by atoms with Crippen molar-refractivity contribution in [2.75, 3.05) is 10.6 Å². The van der Waals surface area contributed by atoms with E-state index in [2.05, 4.69) is 10.6 Å². The van der Waals surface area contributed by atoms with Crippen LogP contribution in [0.15, 0.2) is 102 Å². The van der Waals surface area contributed by atoms with E-state index in [0.717, 1.165) is 16.7 Å². The monoisotopic (exact) mass is 534 g/mol. The number of furan rings is 1. The SMILES string of the molecule is CC(=O)Nc1ccc(NC(=O)C(C)OC(=O)/C=C/c2cn(-c3ccccc3)nc2-c2cc3ccccc3o2)cc1. The van der Waals surface area contributed by atoms with Gasteiger partial charge in [0.1, 0.15) is 11.3 Å². The van der Waals surface area contributed by atoms with Crippen molar-refractivity contribution >= 4 is 46.2 Å². The number of aromatic nitrogens is 2. The number of carbonyl (C=O) groups is 3. The molecule has 0 aliphatic heterocycles. The Morgan fingerprint density at radius 2 is 1.60 bits per heavy atom. The van der Waals surface area contributed by atoms with Crippen LogP contribution in [-0.4, -0.2) is 33.7 Å². The summed E-state index contributed by atoms with van der Waals surface area (Å²) in [4.78, 5) is 36.3. The molecule has 3 aromatic carbocycles. The first kappa shape index (κ1) is 26.2. The molecule has 0 fully saturated rings. The van der Waals surface area contributed by atoms with Gasteiger partial charge in [0.15, 0.2) is 11.9 Å². The van der Waals surface area contributed by atoms with Gasteiger partial charge < -0.3 is 19.8 Å². The van der Waals surface area contributed by atoms with Crippen LogP contribution in [-0.2, 0) is 19.1 Å². The Kier molecular flexibility index (Phi) is 7.54. The number of esters is 1. The maximum atomic E-state index is 12.6. The first-order valence-electron chi connectivity index (χ1n) is 12.6. The number of anilines is 2. The maximum absolute atomic E-state index is 12.6. The van der Waals surface area contributed by atoms with E-state index in [9.17, 15) is 14.4 Å². The molecule has 0 radical (unpaired) electrons. The Morgan fingerprint density at radius 1 is 0.925 bits per heavy atom. The third-order valence-electron chi connectivity index (χ3n) is 5.96. The standard InChI is InChI=1S/C31H26N4O5/c1-20(31(38)33-25-15-13-24(14-16-25)32-21(2)36)39-29(37)17-12-23-19-35(26-9-4-3-5-10-26)34-30(23)28-18-22-8-6-7-11-27(22)40-28/h3-20H,1-2H3,(H,32,36)(H,33,38)/b17-12+. The van der Waals surface area contributed by atoms with Gasteiger partial charge in [-0.05, 0) is 61.5 Å². The van der Waals surface area contributed by atoms with Gasteiger partial charge in [0, 0.05) is 41.5 Å². The first-order chi connectivity index (χ1) is 19.4. The Balaban J connectivity index is 1.30. The number of hydrogen-bond donors (Lipinski definition) is 2. The second-order valence-corrected chi connectivity index (χ2v) is 9.02. The van der Waals surface area contributed by atoms with E-state index in [0.29, 0.717) is 28.4 Å². The lowest BCUT2D eigenvalue weighted by Crippen LogP contribution is -2.29. The summed E-state index contributed by atoms with van der Waals surface area (Å²) in [5.74, 6) is -0.816. The highest BCUT2D eigenvalue weighted by atomic mass is 16.5. The Bertz CT molecular complexity index is 1670. The molecule has 2 N–H and O–H groups in total. The maximum Gasteiger partial charge on any atom is 0.331 e. The van der Waals surface area contributed by atoms with Gasteiger partial charge in [0.25, 0.3) is 5.91 Å². The zero-order valence-electron chi connectivity index (χ0n) is 21.8. The highest BCUT2D eigenvalue weighted by molar-refractivity contribution is 5.97. The molecule has 5 aromatic rings. The molecule has 1 atom stereocenters. The molecular formula is C31H26N4O5. The van der Waals surface area contributed by atoms with E-state index < -0.39 is 18.0 Å². The van der Waals surface area contributed by atoms with Crippen LogP contribution in [0.25, 0.3) is 34.2 Å². The summed E-state index contributed by atoms with van der Waals surface area (Å²) in [6.07, 6.45) is 3.59. The van der Waals surface area contributed by atoms with Crippen molar-refractivity contribution in [2.24, 2.45) is 0 Å². The molecular weight excluding hydrogens is 508 g/mol. The van der Waals surface area contributed by atoms with Crippen molar-refractivity contribution in [3.8, 4) is 17.1 Å². The van der Waals surface area contributed by atoms with Crippen molar-refractivity contribution in [1.29, 1.82) is 0 Å². The summed E-state index contributed by atoms with van der Waals surface area (Å²) in [7, 11) is 0. The second kappa shape index (κ2) is 11.5. The topological polar surface area (TPSA) is 115 Å². The summed E-state index contributed by atoms with van der Waals surface area (Å²) in [6.45, 7) is 2.90. The Morgan fingerprint density at radius 3 is 2.30 bits per heavy atom. The van der Waals surface area contributed by atoms with Gasteiger partial charge >= 0.3 is 5.97 Å². The van der Waals surface area contributed by atoms with Crippen LogP contribution in [0.4, 0.5) is 11.4 Å². The van der Waals surface area contributed by atoms with Gasteiger partial charge in [-0.15, -0.1) is 0 Å². The number of para-hydroxylation sites is 2. The van der Waals surface area contributed by atoms with Gasteiger partial charge in [-0.25, -0.2) is 9.48 Å². The zero-order chi connectivity index (χ0) is 28.1. The molecule has 0 saturated carbocycles. The van der Waals surface area contributed by atoms with Crippen molar-refractivity contribution in [1.82, 2.24) is 9.78 Å². The summed E-state index contributed by atoms with van der Waals surface area (Å²) in [6, 6.07) is 25.7. The van der Waals surface area contributed by atoms with Crippen LogP contribution in [0.5, 0.6) is 0 Å². The number of ether oxygens (including phenoxy) is 1. The minimum Gasteiger partial charge on any atom is -0.454 e. The molecule has 0 bridgehead atoms. The normalized spacial score (nSPS) is 11.8. The van der Waals surface area contributed by atoms with Crippen LogP contribution in [0, 0.1) is 0 Å².